The summed E-state index contributed by atoms with van der Waals surface area (Å²) in [5.41, 5.74) is 2.71. The van der Waals surface area contributed by atoms with E-state index >= 15 is 0 Å². The number of fused-ring (bicyclic) bond motifs is 1. The van der Waals surface area contributed by atoms with Crippen molar-refractivity contribution in [3.63, 3.8) is 0 Å². The van der Waals surface area contributed by atoms with Gasteiger partial charge in [-0.25, -0.2) is 4.39 Å². The van der Waals surface area contributed by atoms with Crippen LogP contribution in [0.5, 0.6) is 0 Å². The van der Waals surface area contributed by atoms with Crippen molar-refractivity contribution in [1.29, 1.82) is 0 Å². The van der Waals surface area contributed by atoms with Crippen LogP contribution in [-0.4, -0.2) is 0 Å². The zero-order valence-corrected chi connectivity index (χ0v) is 13.5. The van der Waals surface area contributed by atoms with Crippen LogP contribution < -0.4 is 0 Å². The Labute approximate surface area is 129 Å². The molecule has 1 aliphatic carbocycles. The molecule has 0 aromatic heterocycles. The summed E-state index contributed by atoms with van der Waals surface area (Å²) in [4.78, 5) is 0. The molecule has 0 heterocycles. The minimum atomic E-state index is -0.0664. The summed E-state index contributed by atoms with van der Waals surface area (Å²) in [5.74, 6) is 6.35. The molecule has 0 bridgehead atoms. The van der Waals surface area contributed by atoms with Crippen molar-refractivity contribution < 1.29 is 4.39 Å². The Kier molecular flexibility index (Phi) is 6.30. The highest BCUT2D eigenvalue weighted by atomic mass is 19.1. The second kappa shape index (κ2) is 8.23. The van der Waals surface area contributed by atoms with Gasteiger partial charge in [-0.2, -0.15) is 0 Å². The first-order valence-electron chi connectivity index (χ1n) is 8.49. The van der Waals surface area contributed by atoms with Crippen LogP contribution in [-0.2, 0) is 12.8 Å². The summed E-state index contributed by atoms with van der Waals surface area (Å²) in [7, 11) is 0. The average molecular weight is 286 g/mol. The lowest BCUT2D eigenvalue weighted by Gasteiger charge is -2.25. The van der Waals surface area contributed by atoms with E-state index in [1.807, 2.05) is 6.07 Å². The molecule has 1 atom stereocenters. The van der Waals surface area contributed by atoms with E-state index in [9.17, 15) is 4.39 Å². The average Bonchev–Trinajstić information content (AvgIpc) is 2.50. The van der Waals surface area contributed by atoms with Crippen molar-refractivity contribution in [2.24, 2.45) is 5.92 Å². The first-order valence-corrected chi connectivity index (χ1v) is 8.49. The fourth-order valence-electron chi connectivity index (χ4n) is 3.40. The summed E-state index contributed by atoms with van der Waals surface area (Å²) >= 11 is 0. The molecule has 0 saturated heterocycles. The maximum absolute atomic E-state index is 14.4. The molecular weight excluding hydrogens is 259 g/mol. The monoisotopic (exact) mass is 286 g/mol. The van der Waals surface area contributed by atoms with Gasteiger partial charge in [-0.1, -0.05) is 57.4 Å². The third-order valence-electron chi connectivity index (χ3n) is 4.63. The van der Waals surface area contributed by atoms with Gasteiger partial charge in [0, 0.05) is 0 Å². The molecule has 0 N–H and O–H groups in total. The summed E-state index contributed by atoms with van der Waals surface area (Å²) in [6.07, 6.45) is 11.1. The van der Waals surface area contributed by atoms with Gasteiger partial charge in [0.1, 0.15) is 5.82 Å². The van der Waals surface area contributed by atoms with E-state index in [1.165, 1.54) is 44.1 Å². The van der Waals surface area contributed by atoms with E-state index in [0.29, 0.717) is 5.56 Å². The Hall–Kier alpha value is -1.29. The minimum absolute atomic E-state index is 0.0664. The van der Waals surface area contributed by atoms with Crippen molar-refractivity contribution >= 4 is 0 Å². The molecule has 0 nitrogen and oxygen atoms in total. The first kappa shape index (κ1) is 16.1. The highest BCUT2D eigenvalue weighted by Gasteiger charge is 2.22. The molecule has 0 saturated carbocycles. The molecule has 1 aliphatic rings. The molecule has 2 rings (SSSR count). The summed E-state index contributed by atoms with van der Waals surface area (Å²) in [5, 5.41) is 0. The standard InChI is InChI=1S/C20H27F/c1-3-5-6-7-8-10-16-11-14-19-18(15-16)13-12-17(9-4-2)20(19)21/h12-13,16H,3,5-8,10-11,14-15H2,1-2H3. The summed E-state index contributed by atoms with van der Waals surface area (Å²) in [6, 6.07) is 3.95. The molecule has 0 fully saturated rings. The third-order valence-corrected chi connectivity index (χ3v) is 4.63. The fourth-order valence-corrected chi connectivity index (χ4v) is 3.40. The topological polar surface area (TPSA) is 0 Å². The molecule has 0 amide bonds. The molecule has 1 aromatic rings. The van der Waals surface area contributed by atoms with Crippen LogP contribution in [0.1, 0.15) is 75.5 Å². The highest BCUT2D eigenvalue weighted by molar-refractivity contribution is 5.43. The van der Waals surface area contributed by atoms with Crippen LogP contribution in [0.15, 0.2) is 12.1 Å². The van der Waals surface area contributed by atoms with Gasteiger partial charge >= 0.3 is 0 Å². The predicted molar refractivity (Wildman–Crippen MR) is 87.8 cm³/mol. The van der Waals surface area contributed by atoms with Crippen molar-refractivity contribution in [2.45, 2.75) is 71.6 Å². The van der Waals surface area contributed by atoms with Crippen molar-refractivity contribution in [1.82, 2.24) is 0 Å². The predicted octanol–water partition coefficient (Wildman–Crippen LogP) is 5.66. The second-order valence-electron chi connectivity index (χ2n) is 6.25. The Morgan fingerprint density at radius 2 is 2.00 bits per heavy atom. The number of rotatable bonds is 6. The van der Waals surface area contributed by atoms with Gasteiger partial charge in [-0.3, -0.25) is 0 Å². The van der Waals surface area contributed by atoms with Gasteiger partial charge in [-0.05, 0) is 49.3 Å². The lowest BCUT2D eigenvalue weighted by Crippen LogP contribution is -2.16. The SMILES string of the molecule is CC#Cc1ccc2c(c1F)CCC(CCCCCCC)C2. The minimum Gasteiger partial charge on any atom is -0.205 e. The number of unbranched alkanes of at least 4 members (excludes halogenated alkanes) is 4. The van der Waals surface area contributed by atoms with E-state index in [4.69, 9.17) is 0 Å². The number of hydrogen-bond acceptors (Lipinski definition) is 0. The molecular formula is C20H27F. The van der Waals surface area contributed by atoms with E-state index in [2.05, 4.69) is 24.8 Å². The largest absolute Gasteiger partial charge is 0.205 e. The summed E-state index contributed by atoms with van der Waals surface area (Å²) < 4.78 is 14.4. The van der Waals surface area contributed by atoms with E-state index < -0.39 is 0 Å². The Morgan fingerprint density at radius 3 is 2.76 bits per heavy atom. The van der Waals surface area contributed by atoms with Crippen molar-refractivity contribution in [3.8, 4) is 11.8 Å². The van der Waals surface area contributed by atoms with Crippen molar-refractivity contribution in [2.75, 3.05) is 0 Å². The number of hydrogen-bond donors (Lipinski definition) is 0. The van der Waals surface area contributed by atoms with Gasteiger partial charge in [0.2, 0.25) is 0 Å². The normalized spacial score (nSPS) is 17.0. The van der Waals surface area contributed by atoms with Crippen LogP contribution in [0.2, 0.25) is 0 Å². The molecule has 114 valence electrons. The third kappa shape index (κ3) is 4.34. The Morgan fingerprint density at radius 1 is 1.19 bits per heavy atom. The molecule has 1 heteroatoms. The van der Waals surface area contributed by atoms with Crippen LogP contribution >= 0.6 is 0 Å². The van der Waals surface area contributed by atoms with Crippen molar-refractivity contribution in [3.05, 3.63) is 34.6 Å². The van der Waals surface area contributed by atoms with Gasteiger partial charge < -0.3 is 0 Å². The summed E-state index contributed by atoms with van der Waals surface area (Å²) in [6.45, 7) is 4.01. The maximum atomic E-state index is 14.4. The molecule has 0 aliphatic heterocycles. The van der Waals surface area contributed by atoms with Gasteiger partial charge in [0.05, 0.1) is 5.56 Å². The van der Waals surface area contributed by atoms with Gasteiger partial charge in [-0.15, -0.1) is 5.92 Å². The molecule has 1 aromatic carbocycles. The molecule has 21 heavy (non-hydrogen) atoms. The van der Waals surface area contributed by atoms with Gasteiger partial charge in [0.25, 0.3) is 0 Å². The van der Waals surface area contributed by atoms with Crippen LogP contribution in [0, 0.1) is 23.6 Å². The molecule has 0 radical (unpaired) electrons. The van der Waals surface area contributed by atoms with Crippen LogP contribution in [0.25, 0.3) is 0 Å². The number of halogens is 1. The fraction of sp³-hybridized carbons (Fsp3) is 0.600. The molecule has 0 spiro atoms. The quantitative estimate of drug-likeness (QED) is 0.467. The second-order valence-corrected chi connectivity index (χ2v) is 6.25. The smallest absolute Gasteiger partial charge is 0.142 e. The maximum Gasteiger partial charge on any atom is 0.142 e. The lowest BCUT2D eigenvalue weighted by atomic mass is 9.80. The lowest BCUT2D eigenvalue weighted by molar-refractivity contribution is 0.398. The highest BCUT2D eigenvalue weighted by Crippen LogP contribution is 2.31. The van der Waals surface area contributed by atoms with Crippen LogP contribution in [0.3, 0.4) is 0 Å². The zero-order valence-electron chi connectivity index (χ0n) is 13.5. The first-order chi connectivity index (χ1) is 10.3. The van der Waals surface area contributed by atoms with E-state index in [-0.39, 0.29) is 5.82 Å². The Bertz CT molecular complexity index is 519. The van der Waals surface area contributed by atoms with Gasteiger partial charge in [0.15, 0.2) is 0 Å². The number of benzene rings is 1. The van der Waals surface area contributed by atoms with Crippen LogP contribution in [0.4, 0.5) is 4.39 Å². The molecule has 1 unspecified atom stereocenters. The Balaban J connectivity index is 1.91. The van der Waals surface area contributed by atoms with E-state index in [1.54, 1.807) is 6.92 Å². The van der Waals surface area contributed by atoms with E-state index in [0.717, 1.165) is 30.7 Å². The zero-order chi connectivity index (χ0) is 15.1.